The van der Waals surface area contributed by atoms with E-state index < -0.39 is 0 Å². The first-order valence-electron chi connectivity index (χ1n) is 8.20. The Morgan fingerprint density at radius 3 is 3.13 bits per heavy atom. The molecule has 124 valence electrons. The van der Waals surface area contributed by atoms with Gasteiger partial charge in [-0.25, -0.2) is 0 Å². The van der Waals surface area contributed by atoms with Gasteiger partial charge in [0.2, 0.25) is 0 Å². The normalized spacial score (nSPS) is 17.2. The lowest BCUT2D eigenvalue weighted by Gasteiger charge is -2.23. The second-order valence-corrected chi connectivity index (χ2v) is 6.56. The van der Waals surface area contributed by atoms with Crippen LogP contribution in [-0.2, 0) is 27.1 Å². The first kappa shape index (κ1) is 16.5. The predicted molar refractivity (Wildman–Crippen MR) is 94.1 cm³/mol. The van der Waals surface area contributed by atoms with E-state index in [4.69, 9.17) is 9.47 Å². The Hall–Kier alpha value is -1.33. The van der Waals surface area contributed by atoms with Gasteiger partial charge in [-0.15, -0.1) is 0 Å². The number of alkyl halides is 1. The fourth-order valence-corrected chi connectivity index (χ4v) is 3.62. The molecule has 2 aromatic rings. The predicted octanol–water partition coefficient (Wildman–Crippen LogP) is 4.06. The lowest BCUT2D eigenvalue weighted by Crippen LogP contribution is -2.20. The third-order valence-electron chi connectivity index (χ3n) is 4.28. The van der Waals surface area contributed by atoms with Gasteiger partial charge >= 0.3 is 5.97 Å². The molecule has 0 amide bonds. The Labute approximate surface area is 144 Å². The Kier molecular flexibility index (Phi) is 5.38. The second kappa shape index (κ2) is 7.49. The summed E-state index contributed by atoms with van der Waals surface area (Å²) >= 11 is 3.51. The van der Waals surface area contributed by atoms with E-state index in [1.807, 2.05) is 6.92 Å². The number of hydrogen-bond acceptors (Lipinski definition) is 3. The van der Waals surface area contributed by atoms with Crippen molar-refractivity contribution in [2.45, 2.75) is 38.7 Å². The van der Waals surface area contributed by atoms with Gasteiger partial charge < -0.3 is 14.5 Å². The van der Waals surface area contributed by atoms with Crippen molar-refractivity contribution in [2.75, 3.05) is 18.5 Å². The first-order valence-corrected chi connectivity index (χ1v) is 9.32. The highest BCUT2D eigenvalue weighted by molar-refractivity contribution is 9.09. The molecule has 0 spiro atoms. The van der Waals surface area contributed by atoms with Gasteiger partial charge in [-0.2, -0.15) is 0 Å². The molecule has 0 fully saturated rings. The minimum absolute atomic E-state index is 0.205. The molecule has 1 atom stereocenters. The topological polar surface area (TPSA) is 51.3 Å². The number of aryl methyl sites for hydroxylation is 1. The molecule has 0 saturated heterocycles. The maximum atomic E-state index is 11.8. The highest BCUT2D eigenvalue weighted by atomic mass is 79.9. The minimum atomic E-state index is -0.228. The zero-order chi connectivity index (χ0) is 16.2. The van der Waals surface area contributed by atoms with Crippen LogP contribution in [0.2, 0.25) is 0 Å². The Bertz CT molecular complexity index is 695. The molecule has 1 unspecified atom stereocenters. The van der Waals surface area contributed by atoms with Gasteiger partial charge in [-0.1, -0.05) is 28.1 Å². The number of hydrogen-bond donors (Lipinski definition) is 1. The molecule has 0 radical (unpaired) electrons. The Balaban J connectivity index is 1.95. The average Bonchev–Trinajstić information content (AvgIpc) is 2.93. The molecule has 0 saturated carbocycles. The number of aromatic nitrogens is 1. The summed E-state index contributed by atoms with van der Waals surface area (Å²) in [4.78, 5) is 15.3. The molecule has 0 aliphatic carbocycles. The van der Waals surface area contributed by atoms with Gasteiger partial charge in [0.05, 0.1) is 19.6 Å². The van der Waals surface area contributed by atoms with Gasteiger partial charge in [0.1, 0.15) is 6.10 Å². The summed E-state index contributed by atoms with van der Waals surface area (Å²) in [5.74, 6) is -0.205. The van der Waals surface area contributed by atoms with Crippen molar-refractivity contribution >= 4 is 32.8 Å². The number of aromatic amines is 1. The second-order valence-electron chi connectivity index (χ2n) is 5.77. The summed E-state index contributed by atoms with van der Waals surface area (Å²) in [5, 5.41) is 2.32. The third-order valence-corrected chi connectivity index (χ3v) is 4.84. The number of carbonyl (C=O) groups is 1. The van der Waals surface area contributed by atoms with Gasteiger partial charge in [-0.05, 0) is 43.4 Å². The fourth-order valence-electron chi connectivity index (χ4n) is 3.33. The van der Waals surface area contributed by atoms with Crippen molar-refractivity contribution < 1.29 is 14.3 Å². The van der Waals surface area contributed by atoms with Crippen LogP contribution in [0, 0.1) is 0 Å². The molecule has 23 heavy (non-hydrogen) atoms. The number of fused-ring (bicyclic) bond motifs is 3. The van der Waals surface area contributed by atoms with E-state index in [-0.39, 0.29) is 18.5 Å². The monoisotopic (exact) mass is 379 g/mol. The van der Waals surface area contributed by atoms with Gasteiger partial charge in [-0.3, -0.25) is 4.79 Å². The molecule has 2 heterocycles. The van der Waals surface area contributed by atoms with Crippen molar-refractivity contribution in [1.29, 1.82) is 0 Å². The number of halogens is 1. The standard InChI is InChI=1S/C18H22BrNO3/c1-2-22-16(21)11-15-18-13(8-10-23-15)17-12(6-4-9-19)5-3-7-14(17)20-18/h3,5,7,15,20H,2,4,6,8-11H2,1H3. The highest BCUT2D eigenvalue weighted by Gasteiger charge is 2.28. The summed E-state index contributed by atoms with van der Waals surface area (Å²) in [6.45, 7) is 2.88. The van der Waals surface area contributed by atoms with E-state index in [2.05, 4.69) is 39.1 Å². The van der Waals surface area contributed by atoms with E-state index >= 15 is 0 Å². The quantitative estimate of drug-likeness (QED) is 0.607. The summed E-state index contributed by atoms with van der Waals surface area (Å²) in [6.07, 6.45) is 3.09. The molecule has 1 N–H and O–H groups in total. The van der Waals surface area contributed by atoms with Gasteiger partial charge in [0.25, 0.3) is 0 Å². The molecule has 1 aliphatic rings. The van der Waals surface area contributed by atoms with Crippen LogP contribution in [0.5, 0.6) is 0 Å². The largest absolute Gasteiger partial charge is 0.466 e. The summed E-state index contributed by atoms with van der Waals surface area (Å²) in [6, 6.07) is 6.40. The Morgan fingerprint density at radius 1 is 1.48 bits per heavy atom. The van der Waals surface area contributed by atoms with Crippen LogP contribution in [0.4, 0.5) is 0 Å². The zero-order valence-electron chi connectivity index (χ0n) is 13.4. The lowest BCUT2D eigenvalue weighted by atomic mass is 9.96. The highest BCUT2D eigenvalue weighted by Crippen LogP contribution is 2.36. The molecule has 1 aromatic heterocycles. The van der Waals surface area contributed by atoms with Crippen LogP contribution < -0.4 is 0 Å². The van der Waals surface area contributed by atoms with E-state index in [9.17, 15) is 4.79 Å². The van der Waals surface area contributed by atoms with Crippen LogP contribution in [0.3, 0.4) is 0 Å². The number of ether oxygens (including phenoxy) is 2. The molecule has 1 aliphatic heterocycles. The maximum Gasteiger partial charge on any atom is 0.308 e. The van der Waals surface area contributed by atoms with Crippen molar-refractivity contribution in [1.82, 2.24) is 4.98 Å². The van der Waals surface area contributed by atoms with Gasteiger partial charge in [0, 0.05) is 21.9 Å². The van der Waals surface area contributed by atoms with Crippen LogP contribution in [0.1, 0.15) is 42.7 Å². The van der Waals surface area contributed by atoms with Crippen molar-refractivity contribution in [2.24, 2.45) is 0 Å². The lowest BCUT2D eigenvalue weighted by molar-refractivity contribution is -0.146. The number of carbonyl (C=O) groups excluding carboxylic acids is 1. The minimum Gasteiger partial charge on any atom is -0.466 e. The molecule has 4 nitrogen and oxygen atoms in total. The van der Waals surface area contributed by atoms with E-state index in [1.54, 1.807) is 0 Å². The fraction of sp³-hybridized carbons (Fsp3) is 0.500. The first-order chi connectivity index (χ1) is 11.2. The van der Waals surface area contributed by atoms with Crippen LogP contribution in [-0.4, -0.2) is 29.5 Å². The van der Waals surface area contributed by atoms with E-state index in [1.165, 1.54) is 16.5 Å². The number of rotatable bonds is 6. The van der Waals surface area contributed by atoms with Crippen molar-refractivity contribution in [3.05, 3.63) is 35.0 Å². The van der Waals surface area contributed by atoms with E-state index in [0.717, 1.165) is 35.8 Å². The molecule has 5 heteroatoms. The van der Waals surface area contributed by atoms with Crippen LogP contribution in [0.15, 0.2) is 18.2 Å². The summed E-state index contributed by atoms with van der Waals surface area (Å²) in [7, 11) is 0. The number of benzene rings is 1. The smallest absolute Gasteiger partial charge is 0.308 e. The third kappa shape index (κ3) is 3.45. The van der Waals surface area contributed by atoms with Gasteiger partial charge in [0.15, 0.2) is 0 Å². The molecule has 0 bridgehead atoms. The maximum absolute atomic E-state index is 11.8. The molecule has 3 rings (SSSR count). The molecule has 1 aromatic carbocycles. The SMILES string of the molecule is CCOC(=O)CC1OCCc2c1[nH]c1cccc(CCCBr)c21. The zero-order valence-corrected chi connectivity index (χ0v) is 14.9. The van der Waals surface area contributed by atoms with Crippen LogP contribution >= 0.6 is 15.9 Å². The summed E-state index contributed by atoms with van der Waals surface area (Å²) in [5.41, 5.74) is 4.87. The van der Waals surface area contributed by atoms with Crippen LogP contribution in [0.25, 0.3) is 10.9 Å². The molecular weight excluding hydrogens is 358 g/mol. The van der Waals surface area contributed by atoms with Crippen molar-refractivity contribution in [3.63, 3.8) is 0 Å². The average molecular weight is 380 g/mol. The number of H-pyrrole nitrogens is 1. The number of nitrogens with one attached hydrogen (secondary N) is 1. The Morgan fingerprint density at radius 2 is 2.35 bits per heavy atom. The summed E-state index contributed by atoms with van der Waals surface area (Å²) < 4.78 is 10.9. The number of esters is 1. The van der Waals surface area contributed by atoms with Crippen molar-refractivity contribution in [3.8, 4) is 0 Å². The van der Waals surface area contributed by atoms with E-state index in [0.29, 0.717) is 13.2 Å². The molecular formula is C18H22BrNO3.